The van der Waals surface area contributed by atoms with E-state index in [0.717, 1.165) is 11.3 Å². The Labute approximate surface area is 182 Å². The lowest BCUT2D eigenvalue weighted by Gasteiger charge is -2.27. The number of halogens is 3. The second kappa shape index (κ2) is 8.98. The molecule has 1 aliphatic rings. The van der Waals surface area contributed by atoms with Gasteiger partial charge in [0.25, 0.3) is 0 Å². The van der Waals surface area contributed by atoms with Gasteiger partial charge in [0.05, 0.1) is 17.6 Å². The fraction of sp³-hybridized carbons (Fsp3) is 0.400. The predicted molar refractivity (Wildman–Crippen MR) is 110 cm³/mol. The average molecular weight is 472 g/mol. The monoisotopic (exact) mass is 471 g/mol. The van der Waals surface area contributed by atoms with Gasteiger partial charge in [-0.2, -0.15) is 18.4 Å². The molecule has 1 heterocycles. The highest BCUT2D eigenvalue weighted by atomic mass is 32.2. The number of hydrogen-bond acceptors (Lipinski definition) is 6. The van der Waals surface area contributed by atoms with Crippen molar-refractivity contribution in [2.45, 2.75) is 42.4 Å². The number of rotatable bonds is 9. The van der Waals surface area contributed by atoms with E-state index in [-0.39, 0.29) is 4.88 Å². The van der Waals surface area contributed by atoms with Crippen LogP contribution in [-0.4, -0.2) is 37.8 Å². The number of nitrogens with one attached hydrogen (secondary N) is 2. The summed E-state index contributed by atoms with van der Waals surface area (Å²) in [6.07, 6.45) is -4.02. The number of carbonyl (C=O) groups is 1. The maximum Gasteiger partial charge on any atom is 0.408 e. The molecule has 0 aliphatic heterocycles. The number of carbonyl (C=O) groups excluding carboxylic acids is 1. The van der Waals surface area contributed by atoms with Gasteiger partial charge in [0.1, 0.15) is 17.6 Å². The lowest BCUT2D eigenvalue weighted by Crippen LogP contribution is -2.54. The Morgan fingerprint density at radius 2 is 1.87 bits per heavy atom. The zero-order valence-electron chi connectivity index (χ0n) is 16.2. The Kier molecular flexibility index (Phi) is 6.73. The van der Waals surface area contributed by atoms with Crippen LogP contribution >= 0.6 is 11.3 Å². The van der Waals surface area contributed by atoms with Gasteiger partial charge in [0, 0.05) is 4.88 Å². The van der Waals surface area contributed by atoms with Crippen molar-refractivity contribution in [3.8, 4) is 6.07 Å². The Hall–Kier alpha value is -2.42. The quantitative estimate of drug-likeness (QED) is 0.586. The molecule has 2 unspecified atom stereocenters. The highest BCUT2D eigenvalue weighted by molar-refractivity contribution is 7.90. The zero-order valence-corrected chi connectivity index (χ0v) is 17.9. The molecule has 0 bridgehead atoms. The minimum atomic E-state index is -4.75. The van der Waals surface area contributed by atoms with Gasteiger partial charge in [0.15, 0.2) is 9.84 Å². The molecular formula is C20H20F3N3O3S2. The fourth-order valence-corrected chi connectivity index (χ4v) is 5.43. The van der Waals surface area contributed by atoms with Crippen LogP contribution in [-0.2, 0) is 20.4 Å². The smallest absolute Gasteiger partial charge is 0.336 e. The average Bonchev–Trinajstić information content (AvgIpc) is 3.25. The summed E-state index contributed by atoms with van der Waals surface area (Å²) >= 11 is 0.846. The number of amides is 1. The van der Waals surface area contributed by atoms with Gasteiger partial charge < -0.3 is 5.32 Å². The number of benzene rings is 1. The number of hydrogen-bond donors (Lipinski definition) is 2. The molecule has 0 spiro atoms. The number of nitriles is 1. The fourth-order valence-electron chi connectivity index (χ4n) is 3.05. The van der Waals surface area contributed by atoms with Crippen LogP contribution in [0.2, 0.25) is 0 Å². The first-order valence-electron chi connectivity index (χ1n) is 9.37. The molecule has 2 N–H and O–H groups in total. The summed E-state index contributed by atoms with van der Waals surface area (Å²) in [6, 6.07) is 8.89. The molecule has 6 nitrogen and oxygen atoms in total. The number of nitrogens with zero attached hydrogens (tertiary/aromatic N) is 1. The minimum Gasteiger partial charge on any atom is -0.336 e. The Morgan fingerprint density at radius 1 is 1.19 bits per heavy atom. The van der Waals surface area contributed by atoms with Gasteiger partial charge in [0.2, 0.25) is 5.91 Å². The summed E-state index contributed by atoms with van der Waals surface area (Å²) in [7, 11) is -3.95. The first-order chi connectivity index (χ1) is 14.5. The zero-order chi connectivity index (χ0) is 22.7. The lowest BCUT2D eigenvalue weighted by atomic mass is 10.1. The lowest BCUT2D eigenvalue weighted by molar-refractivity contribution is -0.159. The maximum absolute atomic E-state index is 13.7. The number of sulfone groups is 1. The summed E-state index contributed by atoms with van der Waals surface area (Å²) in [4.78, 5) is 12.7. The molecule has 2 atom stereocenters. The van der Waals surface area contributed by atoms with Gasteiger partial charge >= 0.3 is 6.18 Å². The van der Waals surface area contributed by atoms with Crippen molar-refractivity contribution in [3.05, 3.63) is 58.3 Å². The second-order valence-electron chi connectivity index (χ2n) is 7.43. The molecule has 1 saturated carbocycles. The summed E-state index contributed by atoms with van der Waals surface area (Å²) in [5, 5.41) is 15.3. The van der Waals surface area contributed by atoms with Gasteiger partial charge in [-0.1, -0.05) is 36.4 Å². The van der Waals surface area contributed by atoms with Gasteiger partial charge in [-0.25, -0.2) is 8.42 Å². The molecule has 2 aromatic rings. The molecule has 0 radical (unpaired) electrons. The second-order valence-corrected chi connectivity index (χ2v) is 10.5. The third-order valence-electron chi connectivity index (χ3n) is 4.82. The van der Waals surface area contributed by atoms with E-state index in [1.807, 2.05) is 6.07 Å². The van der Waals surface area contributed by atoms with E-state index in [2.05, 4.69) is 10.6 Å². The number of alkyl halides is 3. The SMILES string of the molecule is N#CC1(NC(=O)C(CS(=O)(=O)Cc2ccccc2)NC(c2cccs2)C(F)(F)F)CC1. The van der Waals surface area contributed by atoms with E-state index < -0.39 is 51.0 Å². The highest BCUT2D eigenvalue weighted by Crippen LogP contribution is 2.36. The number of thiophene rings is 1. The van der Waals surface area contributed by atoms with Crippen LogP contribution < -0.4 is 10.6 Å². The van der Waals surface area contributed by atoms with Crippen molar-refractivity contribution in [1.29, 1.82) is 5.26 Å². The molecule has 1 amide bonds. The Bertz CT molecular complexity index is 1040. The summed E-state index contributed by atoms with van der Waals surface area (Å²) in [6.45, 7) is 0. The standard InChI is InChI=1S/C20H20F3N3O3S2/c21-20(22,23)17(16-7-4-10-30-16)25-15(18(27)26-19(13-24)8-9-19)12-31(28,29)11-14-5-2-1-3-6-14/h1-7,10,15,17,25H,8-9,11-12H2,(H,26,27). The topological polar surface area (TPSA) is 99.1 Å². The molecule has 1 aliphatic carbocycles. The van der Waals surface area contributed by atoms with Crippen molar-refractivity contribution in [1.82, 2.24) is 10.6 Å². The van der Waals surface area contributed by atoms with Crippen molar-refractivity contribution >= 4 is 27.1 Å². The van der Waals surface area contributed by atoms with Crippen LogP contribution in [0.4, 0.5) is 13.2 Å². The predicted octanol–water partition coefficient (Wildman–Crippen LogP) is 3.10. The summed E-state index contributed by atoms with van der Waals surface area (Å²) in [5.41, 5.74) is -0.681. The minimum absolute atomic E-state index is 0.0906. The molecule has 1 aromatic carbocycles. The van der Waals surface area contributed by atoms with E-state index in [4.69, 9.17) is 0 Å². The van der Waals surface area contributed by atoms with E-state index in [1.165, 1.54) is 17.5 Å². The Morgan fingerprint density at radius 3 is 2.39 bits per heavy atom. The van der Waals surface area contributed by atoms with Gasteiger partial charge in [-0.05, 0) is 29.9 Å². The Balaban J connectivity index is 1.85. The molecule has 31 heavy (non-hydrogen) atoms. The normalized spacial score (nSPS) is 17.4. The van der Waals surface area contributed by atoms with Gasteiger partial charge in [-0.15, -0.1) is 11.3 Å². The molecule has 1 fully saturated rings. The molecule has 11 heteroatoms. The van der Waals surface area contributed by atoms with E-state index in [0.29, 0.717) is 18.4 Å². The van der Waals surface area contributed by atoms with E-state index in [1.54, 1.807) is 30.3 Å². The van der Waals surface area contributed by atoms with Crippen molar-refractivity contribution < 1.29 is 26.4 Å². The summed E-state index contributed by atoms with van der Waals surface area (Å²) in [5.74, 6) is -2.20. The van der Waals surface area contributed by atoms with Gasteiger partial charge in [-0.3, -0.25) is 10.1 Å². The molecule has 0 saturated heterocycles. The maximum atomic E-state index is 13.7. The van der Waals surface area contributed by atoms with Crippen molar-refractivity contribution in [3.63, 3.8) is 0 Å². The van der Waals surface area contributed by atoms with E-state index in [9.17, 15) is 31.6 Å². The first kappa shape index (κ1) is 23.2. The van der Waals surface area contributed by atoms with Crippen LogP contribution in [0.3, 0.4) is 0 Å². The summed E-state index contributed by atoms with van der Waals surface area (Å²) < 4.78 is 66.6. The van der Waals surface area contributed by atoms with Crippen LogP contribution in [0.5, 0.6) is 0 Å². The molecule has 1 aromatic heterocycles. The van der Waals surface area contributed by atoms with Crippen molar-refractivity contribution in [2.24, 2.45) is 0 Å². The first-order valence-corrected chi connectivity index (χ1v) is 12.1. The van der Waals surface area contributed by atoms with Crippen LogP contribution in [0.25, 0.3) is 0 Å². The third-order valence-corrected chi connectivity index (χ3v) is 7.37. The largest absolute Gasteiger partial charge is 0.408 e. The molecule has 3 rings (SSSR count). The van der Waals surface area contributed by atoms with Crippen LogP contribution in [0.1, 0.15) is 29.3 Å². The third kappa shape index (κ3) is 6.29. The van der Waals surface area contributed by atoms with Crippen LogP contribution in [0, 0.1) is 11.3 Å². The van der Waals surface area contributed by atoms with Crippen molar-refractivity contribution in [2.75, 3.05) is 5.75 Å². The van der Waals surface area contributed by atoms with E-state index >= 15 is 0 Å². The molecule has 166 valence electrons. The highest BCUT2D eigenvalue weighted by Gasteiger charge is 2.48. The van der Waals surface area contributed by atoms with Crippen LogP contribution in [0.15, 0.2) is 47.8 Å². The molecular weight excluding hydrogens is 451 g/mol.